The Morgan fingerprint density at radius 2 is 1.90 bits per heavy atom. The summed E-state index contributed by atoms with van der Waals surface area (Å²) in [4.78, 5) is 4.55. The zero-order valence-corrected chi connectivity index (χ0v) is 13.2. The van der Waals surface area contributed by atoms with Crippen LogP contribution in [0.4, 0.5) is 0 Å². The van der Waals surface area contributed by atoms with Crippen molar-refractivity contribution in [2.45, 2.75) is 18.4 Å². The number of hydrogen-bond acceptors (Lipinski definition) is 5. The van der Waals surface area contributed by atoms with Crippen molar-refractivity contribution in [3.63, 3.8) is 0 Å². The third-order valence-electron chi connectivity index (χ3n) is 2.63. The highest BCUT2D eigenvalue weighted by Crippen LogP contribution is 2.19. The van der Waals surface area contributed by atoms with Gasteiger partial charge in [0.2, 0.25) is 10.0 Å². The highest BCUT2D eigenvalue weighted by atomic mass is 32.2. The van der Waals surface area contributed by atoms with Crippen LogP contribution in [0.5, 0.6) is 5.75 Å². The second kappa shape index (κ2) is 5.90. The molecular formula is C13H16N2O3S2. The minimum Gasteiger partial charge on any atom is -0.486 e. The first kappa shape index (κ1) is 15.0. The predicted octanol–water partition coefficient (Wildman–Crippen LogP) is 2.28. The maximum Gasteiger partial charge on any atom is 0.242 e. The predicted molar refractivity (Wildman–Crippen MR) is 78.5 cm³/mol. The normalized spacial score (nSPS) is 11.8. The minimum atomic E-state index is -3.39. The number of benzene rings is 1. The molecule has 1 aromatic carbocycles. The fourth-order valence-electron chi connectivity index (χ4n) is 1.53. The molecule has 0 amide bonds. The summed E-state index contributed by atoms with van der Waals surface area (Å²) in [5.41, 5.74) is 0.973. The molecule has 0 aliphatic heterocycles. The second-order valence-corrected chi connectivity index (χ2v) is 7.52. The monoisotopic (exact) mass is 312 g/mol. The largest absolute Gasteiger partial charge is 0.486 e. The molecule has 0 fully saturated rings. The molecule has 0 spiro atoms. The van der Waals surface area contributed by atoms with Gasteiger partial charge in [0.25, 0.3) is 0 Å². The molecular weight excluding hydrogens is 296 g/mol. The minimum absolute atomic E-state index is 0.250. The lowest BCUT2D eigenvalue weighted by Gasteiger charge is -2.11. The molecule has 5 nitrogen and oxygen atoms in total. The van der Waals surface area contributed by atoms with Gasteiger partial charge in [-0.3, -0.25) is 0 Å². The maximum atomic E-state index is 11.9. The maximum absolute atomic E-state index is 11.9. The highest BCUT2D eigenvalue weighted by molar-refractivity contribution is 7.89. The zero-order valence-electron chi connectivity index (χ0n) is 11.5. The third-order valence-corrected chi connectivity index (χ3v) is 5.40. The van der Waals surface area contributed by atoms with Gasteiger partial charge in [0.1, 0.15) is 17.4 Å². The van der Waals surface area contributed by atoms with Gasteiger partial charge in [-0.05, 0) is 31.2 Å². The zero-order chi connectivity index (χ0) is 14.8. The molecule has 0 unspecified atom stereocenters. The standard InChI is InChI=1S/C13H16N2O3S2/c1-10-9-19-13(14-10)8-18-11-4-6-12(7-5-11)20(16,17)15(2)3/h4-7,9H,8H2,1-3H3. The van der Waals surface area contributed by atoms with Crippen molar-refractivity contribution in [2.75, 3.05) is 14.1 Å². The molecule has 0 aliphatic rings. The van der Waals surface area contributed by atoms with Crippen molar-refractivity contribution in [1.82, 2.24) is 9.29 Å². The van der Waals surface area contributed by atoms with E-state index in [4.69, 9.17) is 4.74 Å². The van der Waals surface area contributed by atoms with Crippen molar-refractivity contribution >= 4 is 21.4 Å². The number of aryl methyl sites for hydroxylation is 1. The summed E-state index contributed by atoms with van der Waals surface area (Å²) in [7, 11) is -0.381. The first-order valence-corrected chi connectivity index (χ1v) is 8.28. The van der Waals surface area contributed by atoms with Gasteiger partial charge in [-0.2, -0.15) is 0 Å². The SMILES string of the molecule is Cc1csc(COc2ccc(S(=O)(=O)N(C)C)cc2)n1. The van der Waals surface area contributed by atoms with Crippen LogP contribution in [0.25, 0.3) is 0 Å². The number of ether oxygens (including phenoxy) is 1. The Hall–Kier alpha value is -1.44. The first-order chi connectivity index (χ1) is 9.39. The number of nitrogens with zero attached hydrogens (tertiary/aromatic N) is 2. The molecule has 2 rings (SSSR count). The summed E-state index contributed by atoms with van der Waals surface area (Å²) in [5.74, 6) is 0.621. The molecule has 20 heavy (non-hydrogen) atoms. The van der Waals surface area contributed by atoms with E-state index >= 15 is 0 Å². The van der Waals surface area contributed by atoms with E-state index in [1.807, 2.05) is 12.3 Å². The summed E-state index contributed by atoms with van der Waals surface area (Å²) in [6, 6.07) is 6.38. The van der Waals surface area contributed by atoms with E-state index in [2.05, 4.69) is 4.98 Å². The van der Waals surface area contributed by atoms with Gasteiger partial charge in [-0.15, -0.1) is 11.3 Å². The second-order valence-electron chi connectivity index (χ2n) is 4.43. The van der Waals surface area contributed by atoms with Crippen molar-refractivity contribution < 1.29 is 13.2 Å². The summed E-state index contributed by atoms with van der Waals surface area (Å²) in [5, 5.41) is 2.86. The Labute approximate surface area is 122 Å². The van der Waals surface area contributed by atoms with Crippen LogP contribution in [0, 0.1) is 6.92 Å². The Kier molecular flexibility index (Phi) is 4.42. The van der Waals surface area contributed by atoms with Crippen LogP contribution in [-0.4, -0.2) is 31.8 Å². The lowest BCUT2D eigenvalue weighted by atomic mass is 10.3. The first-order valence-electron chi connectivity index (χ1n) is 5.96. The smallest absolute Gasteiger partial charge is 0.242 e. The Morgan fingerprint density at radius 3 is 2.40 bits per heavy atom. The van der Waals surface area contributed by atoms with E-state index in [1.165, 1.54) is 30.5 Å². The fourth-order valence-corrected chi connectivity index (χ4v) is 3.12. The molecule has 0 bridgehead atoms. The topological polar surface area (TPSA) is 59.5 Å². The highest BCUT2D eigenvalue weighted by Gasteiger charge is 2.16. The van der Waals surface area contributed by atoms with Crippen LogP contribution in [0.3, 0.4) is 0 Å². The average molecular weight is 312 g/mol. The van der Waals surface area contributed by atoms with Gasteiger partial charge in [0.05, 0.1) is 4.90 Å². The summed E-state index contributed by atoms with van der Waals surface area (Å²) in [6.07, 6.45) is 0. The Balaban J connectivity index is 2.05. The molecule has 0 saturated heterocycles. The Bertz CT molecular complexity index is 676. The van der Waals surface area contributed by atoms with Crippen molar-refractivity contribution in [2.24, 2.45) is 0 Å². The molecule has 1 aromatic heterocycles. The van der Waals surface area contributed by atoms with Crippen LogP contribution in [0.1, 0.15) is 10.7 Å². The summed E-state index contributed by atoms with van der Waals surface area (Å²) < 4.78 is 30.6. The van der Waals surface area contributed by atoms with Gasteiger partial charge in [-0.25, -0.2) is 17.7 Å². The molecule has 2 aromatic rings. The fraction of sp³-hybridized carbons (Fsp3) is 0.308. The van der Waals surface area contributed by atoms with E-state index < -0.39 is 10.0 Å². The summed E-state index contributed by atoms with van der Waals surface area (Å²) >= 11 is 1.54. The van der Waals surface area contributed by atoms with Crippen LogP contribution >= 0.6 is 11.3 Å². The third kappa shape index (κ3) is 3.36. The summed E-state index contributed by atoms with van der Waals surface area (Å²) in [6.45, 7) is 2.32. The molecule has 0 radical (unpaired) electrons. The van der Waals surface area contributed by atoms with Gasteiger partial charge in [0.15, 0.2) is 0 Å². The van der Waals surface area contributed by atoms with Crippen LogP contribution in [-0.2, 0) is 16.6 Å². The molecule has 0 aliphatic carbocycles. The number of hydrogen-bond donors (Lipinski definition) is 0. The van der Waals surface area contributed by atoms with Gasteiger partial charge in [-0.1, -0.05) is 0 Å². The van der Waals surface area contributed by atoms with Crippen LogP contribution in [0.2, 0.25) is 0 Å². The van der Waals surface area contributed by atoms with E-state index in [-0.39, 0.29) is 4.90 Å². The van der Waals surface area contributed by atoms with Gasteiger partial charge < -0.3 is 4.74 Å². The molecule has 1 heterocycles. The van der Waals surface area contributed by atoms with E-state index in [9.17, 15) is 8.42 Å². The molecule has 108 valence electrons. The Morgan fingerprint density at radius 1 is 1.25 bits per heavy atom. The van der Waals surface area contributed by atoms with E-state index in [1.54, 1.807) is 23.5 Å². The van der Waals surface area contributed by atoms with Crippen LogP contribution in [0.15, 0.2) is 34.5 Å². The van der Waals surface area contributed by atoms with Crippen molar-refractivity contribution in [3.8, 4) is 5.75 Å². The van der Waals surface area contributed by atoms with Crippen molar-refractivity contribution in [3.05, 3.63) is 40.3 Å². The molecule has 0 atom stereocenters. The lowest BCUT2D eigenvalue weighted by Crippen LogP contribution is -2.22. The quantitative estimate of drug-likeness (QED) is 0.850. The number of rotatable bonds is 5. The number of thiazole rings is 1. The van der Waals surface area contributed by atoms with Gasteiger partial charge >= 0.3 is 0 Å². The number of sulfonamides is 1. The van der Waals surface area contributed by atoms with Crippen LogP contribution < -0.4 is 4.74 Å². The van der Waals surface area contributed by atoms with E-state index in [0.29, 0.717) is 12.4 Å². The average Bonchev–Trinajstić information content (AvgIpc) is 2.82. The molecule has 0 saturated carbocycles. The molecule has 0 N–H and O–H groups in total. The lowest BCUT2D eigenvalue weighted by molar-refractivity contribution is 0.305. The van der Waals surface area contributed by atoms with E-state index in [0.717, 1.165) is 10.7 Å². The van der Waals surface area contributed by atoms with Gasteiger partial charge in [0, 0.05) is 25.2 Å². The molecule has 7 heteroatoms. The number of aromatic nitrogens is 1. The van der Waals surface area contributed by atoms with Crippen molar-refractivity contribution in [1.29, 1.82) is 0 Å².